The number of hydrogen-bond donors (Lipinski definition) is 1. The highest BCUT2D eigenvalue weighted by Gasteiger charge is 2.43. The van der Waals surface area contributed by atoms with E-state index in [-0.39, 0.29) is 12.1 Å². The van der Waals surface area contributed by atoms with E-state index in [0.29, 0.717) is 13.1 Å². The van der Waals surface area contributed by atoms with E-state index in [1.54, 1.807) is 12.0 Å². The summed E-state index contributed by atoms with van der Waals surface area (Å²) in [5.41, 5.74) is 4.80. The fourth-order valence-corrected chi connectivity index (χ4v) is 2.30. The van der Waals surface area contributed by atoms with Crippen LogP contribution in [-0.4, -0.2) is 48.4 Å². The van der Waals surface area contributed by atoms with Crippen molar-refractivity contribution in [3.8, 4) is 0 Å². The van der Waals surface area contributed by atoms with Crippen molar-refractivity contribution in [2.45, 2.75) is 57.8 Å². The average molecular weight is 258 g/mol. The summed E-state index contributed by atoms with van der Waals surface area (Å²) in [4.78, 5) is 13.9. The molecule has 1 rings (SSSR count). The third kappa shape index (κ3) is 3.36. The molecule has 5 nitrogen and oxygen atoms in total. The number of carbonyl (C=O) groups excluding carboxylic acids is 1. The van der Waals surface area contributed by atoms with Crippen molar-refractivity contribution in [1.82, 2.24) is 4.90 Å². The van der Waals surface area contributed by atoms with Crippen LogP contribution in [0.3, 0.4) is 0 Å². The second-order valence-electron chi connectivity index (χ2n) is 6.05. The van der Waals surface area contributed by atoms with Crippen LogP contribution in [0.2, 0.25) is 0 Å². The lowest BCUT2D eigenvalue weighted by Gasteiger charge is -2.39. The van der Waals surface area contributed by atoms with Gasteiger partial charge in [-0.3, -0.25) is 0 Å². The van der Waals surface area contributed by atoms with Gasteiger partial charge in [-0.25, -0.2) is 4.79 Å². The van der Waals surface area contributed by atoms with Gasteiger partial charge in [0.05, 0.1) is 11.6 Å². The molecule has 1 aliphatic heterocycles. The molecule has 0 spiro atoms. The molecule has 1 saturated heterocycles. The van der Waals surface area contributed by atoms with Gasteiger partial charge in [-0.2, -0.15) is 0 Å². The molecule has 2 unspecified atom stereocenters. The molecular weight excluding hydrogens is 232 g/mol. The van der Waals surface area contributed by atoms with Crippen LogP contribution >= 0.6 is 0 Å². The maximum absolute atomic E-state index is 12.2. The van der Waals surface area contributed by atoms with E-state index in [1.807, 2.05) is 27.7 Å². The van der Waals surface area contributed by atoms with Gasteiger partial charge in [0, 0.05) is 20.2 Å². The Morgan fingerprint density at radius 1 is 1.39 bits per heavy atom. The Kier molecular flexibility index (Phi) is 4.61. The van der Waals surface area contributed by atoms with Gasteiger partial charge >= 0.3 is 6.09 Å². The van der Waals surface area contributed by atoms with Crippen LogP contribution in [0.4, 0.5) is 4.79 Å². The first-order valence-electron chi connectivity index (χ1n) is 6.48. The summed E-state index contributed by atoms with van der Waals surface area (Å²) in [5, 5.41) is 0. The van der Waals surface area contributed by atoms with Crippen molar-refractivity contribution in [3.05, 3.63) is 0 Å². The molecule has 0 aromatic heterocycles. The van der Waals surface area contributed by atoms with Gasteiger partial charge in [-0.1, -0.05) is 0 Å². The predicted octanol–water partition coefficient (Wildman–Crippen LogP) is 1.75. The number of methoxy groups -OCH3 is 1. The smallest absolute Gasteiger partial charge is 0.410 e. The minimum atomic E-state index is -0.507. The molecule has 106 valence electrons. The Labute approximate surface area is 110 Å². The molecule has 0 radical (unpaired) electrons. The number of hydrogen-bond acceptors (Lipinski definition) is 4. The number of carbonyl (C=O) groups is 1. The second kappa shape index (κ2) is 5.45. The Morgan fingerprint density at radius 3 is 2.44 bits per heavy atom. The summed E-state index contributed by atoms with van der Waals surface area (Å²) in [5.74, 6) is 0. The first-order valence-corrected chi connectivity index (χ1v) is 6.48. The maximum atomic E-state index is 12.2. The van der Waals surface area contributed by atoms with E-state index in [1.165, 1.54) is 0 Å². The fraction of sp³-hybridized carbons (Fsp3) is 0.923. The molecule has 18 heavy (non-hydrogen) atoms. The van der Waals surface area contributed by atoms with E-state index in [2.05, 4.69) is 0 Å². The van der Waals surface area contributed by atoms with Crippen LogP contribution in [0.1, 0.15) is 40.5 Å². The van der Waals surface area contributed by atoms with E-state index in [0.717, 1.165) is 12.8 Å². The van der Waals surface area contributed by atoms with Gasteiger partial charge in [0.25, 0.3) is 0 Å². The van der Waals surface area contributed by atoms with Gasteiger partial charge in [0.15, 0.2) is 0 Å². The summed E-state index contributed by atoms with van der Waals surface area (Å²) in [6, 6.07) is -0.0117. The minimum absolute atomic E-state index is 0.0117. The summed E-state index contributed by atoms with van der Waals surface area (Å²) >= 11 is 0. The Hall–Kier alpha value is -0.810. The van der Waals surface area contributed by atoms with Crippen LogP contribution in [0.5, 0.6) is 0 Å². The summed E-state index contributed by atoms with van der Waals surface area (Å²) in [6.45, 7) is 8.64. The molecule has 0 aromatic carbocycles. The zero-order valence-corrected chi connectivity index (χ0v) is 12.2. The van der Waals surface area contributed by atoms with Gasteiger partial charge in [-0.15, -0.1) is 0 Å². The number of nitrogens with zero attached hydrogens (tertiary/aromatic N) is 1. The summed E-state index contributed by atoms with van der Waals surface area (Å²) < 4.78 is 10.9. The van der Waals surface area contributed by atoms with Crippen molar-refractivity contribution >= 4 is 6.09 Å². The van der Waals surface area contributed by atoms with E-state index >= 15 is 0 Å². The van der Waals surface area contributed by atoms with E-state index in [9.17, 15) is 4.79 Å². The molecule has 0 aromatic rings. The lowest BCUT2D eigenvalue weighted by molar-refractivity contribution is -0.0538. The van der Waals surface area contributed by atoms with Crippen molar-refractivity contribution in [1.29, 1.82) is 0 Å². The average Bonchev–Trinajstić information content (AvgIpc) is 2.75. The molecule has 1 aliphatic rings. The highest BCUT2D eigenvalue weighted by atomic mass is 16.6. The Balaban J connectivity index is 2.79. The first-order chi connectivity index (χ1) is 8.23. The van der Waals surface area contributed by atoms with Crippen LogP contribution in [-0.2, 0) is 9.47 Å². The van der Waals surface area contributed by atoms with Crippen molar-refractivity contribution in [2.75, 3.05) is 20.2 Å². The molecule has 0 saturated carbocycles. The Bertz CT molecular complexity index is 295. The van der Waals surface area contributed by atoms with Gasteiger partial charge in [-0.05, 0) is 40.5 Å². The van der Waals surface area contributed by atoms with Crippen LogP contribution in [0, 0.1) is 0 Å². The molecule has 1 fully saturated rings. The number of nitrogens with two attached hydrogens (primary N) is 1. The van der Waals surface area contributed by atoms with Gasteiger partial charge in [0.1, 0.15) is 5.60 Å². The zero-order chi connectivity index (χ0) is 14.0. The third-order valence-corrected chi connectivity index (χ3v) is 3.46. The maximum Gasteiger partial charge on any atom is 0.410 e. The number of rotatable bonds is 3. The topological polar surface area (TPSA) is 64.8 Å². The van der Waals surface area contributed by atoms with Gasteiger partial charge < -0.3 is 20.1 Å². The second-order valence-corrected chi connectivity index (χ2v) is 6.05. The minimum Gasteiger partial charge on any atom is -0.444 e. The van der Waals surface area contributed by atoms with E-state index < -0.39 is 11.2 Å². The summed E-state index contributed by atoms with van der Waals surface area (Å²) in [6.07, 6.45) is 1.59. The zero-order valence-electron chi connectivity index (χ0n) is 12.2. The lowest BCUT2D eigenvalue weighted by Crippen LogP contribution is -2.55. The standard InChI is InChI=1S/C13H26N2O3/c1-12(2,3)18-11(16)15-8-6-7-10(15)13(4,9-14)17-5/h10H,6-9,14H2,1-5H3. The molecule has 0 bridgehead atoms. The molecule has 1 heterocycles. The van der Waals surface area contributed by atoms with Crippen molar-refractivity contribution in [3.63, 3.8) is 0 Å². The summed E-state index contributed by atoms with van der Waals surface area (Å²) in [7, 11) is 1.64. The van der Waals surface area contributed by atoms with Crippen molar-refractivity contribution < 1.29 is 14.3 Å². The van der Waals surface area contributed by atoms with Gasteiger partial charge in [0.2, 0.25) is 0 Å². The SMILES string of the molecule is COC(C)(CN)C1CCCN1C(=O)OC(C)(C)C. The predicted molar refractivity (Wildman–Crippen MR) is 70.4 cm³/mol. The van der Waals surface area contributed by atoms with Crippen molar-refractivity contribution in [2.24, 2.45) is 5.73 Å². The monoisotopic (exact) mass is 258 g/mol. The number of likely N-dealkylation sites (tertiary alicyclic amines) is 1. The molecular formula is C13H26N2O3. The largest absolute Gasteiger partial charge is 0.444 e. The highest BCUT2D eigenvalue weighted by Crippen LogP contribution is 2.30. The molecule has 1 amide bonds. The van der Waals surface area contributed by atoms with Crippen LogP contribution in [0.15, 0.2) is 0 Å². The van der Waals surface area contributed by atoms with Crippen LogP contribution < -0.4 is 5.73 Å². The quantitative estimate of drug-likeness (QED) is 0.837. The first kappa shape index (κ1) is 15.2. The van der Waals surface area contributed by atoms with E-state index in [4.69, 9.17) is 15.2 Å². The number of ether oxygens (including phenoxy) is 2. The Morgan fingerprint density at radius 2 is 2.00 bits per heavy atom. The molecule has 0 aliphatic carbocycles. The number of amides is 1. The molecule has 2 atom stereocenters. The van der Waals surface area contributed by atoms with Crippen LogP contribution in [0.25, 0.3) is 0 Å². The lowest BCUT2D eigenvalue weighted by atomic mass is 9.94. The third-order valence-electron chi connectivity index (χ3n) is 3.46. The molecule has 5 heteroatoms. The fourth-order valence-electron chi connectivity index (χ4n) is 2.30. The highest BCUT2D eigenvalue weighted by molar-refractivity contribution is 5.69. The normalized spacial score (nSPS) is 23.9. The molecule has 2 N–H and O–H groups in total.